The summed E-state index contributed by atoms with van der Waals surface area (Å²) in [6.07, 6.45) is -3.44. The van der Waals surface area contributed by atoms with Crippen LogP contribution in [-0.4, -0.2) is 42.4 Å². The number of nitrogens with one attached hydrogen (secondary N) is 1. The van der Waals surface area contributed by atoms with Crippen LogP contribution in [0.15, 0.2) is 60.9 Å². The second-order valence-corrected chi connectivity index (χ2v) is 8.82. The highest BCUT2D eigenvalue weighted by molar-refractivity contribution is 6.37. The van der Waals surface area contributed by atoms with Crippen molar-refractivity contribution in [3.63, 3.8) is 0 Å². The van der Waals surface area contributed by atoms with Gasteiger partial charge in [0.25, 0.3) is 5.91 Å². The first-order valence-corrected chi connectivity index (χ1v) is 11.6. The highest BCUT2D eigenvalue weighted by atomic mass is 35.5. The van der Waals surface area contributed by atoms with Crippen molar-refractivity contribution in [2.75, 3.05) is 12.4 Å². The number of hydrogen-bond acceptors (Lipinski definition) is 6. The number of halogens is 5. The third-order valence-electron chi connectivity index (χ3n) is 5.40. The van der Waals surface area contributed by atoms with Gasteiger partial charge in [0.15, 0.2) is 17.0 Å². The first kappa shape index (κ1) is 25.5. The zero-order chi connectivity index (χ0) is 27.0. The summed E-state index contributed by atoms with van der Waals surface area (Å²) in [5, 5.41) is 10.6. The van der Waals surface area contributed by atoms with Crippen molar-refractivity contribution in [3.8, 4) is 17.0 Å². The van der Waals surface area contributed by atoms with E-state index in [-0.39, 0.29) is 22.3 Å². The summed E-state index contributed by atoms with van der Waals surface area (Å²) in [5.41, 5.74) is -0.803. The van der Waals surface area contributed by atoms with E-state index in [0.29, 0.717) is 27.4 Å². The fraction of sp³-hybridized carbons (Fsp3) is 0.125. The molecule has 5 rings (SSSR count). The maximum Gasteiger partial charge on any atom is 0.433 e. The Hall–Kier alpha value is -4.16. The molecule has 0 saturated heterocycles. The van der Waals surface area contributed by atoms with Gasteiger partial charge in [-0.1, -0.05) is 47.5 Å². The number of carbonyl (C=O) groups excluding carboxylic acids is 1. The molecule has 0 unspecified atom stereocenters. The molecule has 0 fully saturated rings. The lowest BCUT2D eigenvalue weighted by Crippen LogP contribution is -2.16. The number of amides is 1. The van der Waals surface area contributed by atoms with Crippen LogP contribution in [0.25, 0.3) is 16.9 Å². The van der Waals surface area contributed by atoms with Crippen LogP contribution in [-0.2, 0) is 12.7 Å². The van der Waals surface area contributed by atoms with Crippen LogP contribution in [0.1, 0.15) is 21.7 Å². The smallest absolute Gasteiger partial charge is 0.433 e. The molecule has 0 aliphatic carbocycles. The van der Waals surface area contributed by atoms with Crippen LogP contribution in [0, 0.1) is 0 Å². The van der Waals surface area contributed by atoms with Crippen molar-refractivity contribution < 1.29 is 22.7 Å². The summed E-state index contributed by atoms with van der Waals surface area (Å²) >= 11 is 12.3. The van der Waals surface area contributed by atoms with E-state index in [2.05, 4.69) is 25.5 Å². The minimum atomic E-state index is -4.82. The van der Waals surface area contributed by atoms with Gasteiger partial charge in [0.2, 0.25) is 5.95 Å². The van der Waals surface area contributed by atoms with E-state index in [1.165, 1.54) is 24.2 Å². The van der Waals surface area contributed by atoms with Crippen molar-refractivity contribution in [3.05, 3.63) is 87.9 Å². The number of carbonyl (C=O) groups is 1. The Labute approximate surface area is 222 Å². The molecular formula is C24H16Cl2F3N7O2. The minimum Gasteiger partial charge on any atom is -0.497 e. The Kier molecular flexibility index (Phi) is 6.67. The number of anilines is 1. The van der Waals surface area contributed by atoms with Gasteiger partial charge in [-0.05, 0) is 35.9 Å². The van der Waals surface area contributed by atoms with Crippen LogP contribution >= 0.6 is 23.2 Å². The number of alkyl halides is 3. The van der Waals surface area contributed by atoms with E-state index in [0.717, 1.165) is 11.6 Å². The molecule has 9 nitrogen and oxygen atoms in total. The van der Waals surface area contributed by atoms with E-state index in [1.807, 2.05) is 6.07 Å². The Morgan fingerprint density at radius 1 is 1.08 bits per heavy atom. The third kappa shape index (κ3) is 5.13. The van der Waals surface area contributed by atoms with Crippen LogP contribution in [0.3, 0.4) is 0 Å². The Morgan fingerprint density at radius 3 is 2.61 bits per heavy atom. The maximum atomic E-state index is 14.0. The van der Waals surface area contributed by atoms with Gasteiger partial charge in [-0.2, -0.15) is 18.3 Å². The zero-order valence-corrected chi connectivity index (χ0v) is 20.9. The molecule has 0 aliphatic rings. The van der Waals surface area contributed by atoms with E-state index in [9.17, 15) is 18.0 Å². The molecule has 1 amide bonds. The number of rotatable bonds is 6. The van der Waals surface area contributed by atoms with E-state index in [1.54, 1.807) is 36.4 Å². The van der Waals surface area contributed by atoms with E-state index < -0.39 is 23.5 Å². The quantitative estimate of drug-likeness (QED) is 0.289. The molecule has 3 heterocycles. The molecular weight excluding hydrogens is 546 g/mol. The molecule has 194 valence electrons. The van der Waals surface area contributed by atoms with Crippen molar-refractivity contribution in [2.24, 2.45) is 0 Å². The highest BCUT2D eigenvalue weighted by Gasteiger charge is 2.37. The number of ether oxygens (including phenoxy) is 1. The first-order valence-electron chi connectivity index (χ1n) is 10.9. The first-order chi connectivity index (χ1) is 18.1. The summed E-state index contributed by atoms with van der Waals surface area (Å²) in [4.78, 5) is 21.2. The molecule has 5 aromatic rings. The van der Waals surface area contributed by atoms with Gasteiger partial charge in [0, 0.05) is 10.6 Å². The Balaban J connectivity index is 1.47. The maximum absolute atomic E-state index is 14.0. The van der Waals surface area contributed by atoms with Crippen molar-refractivity contribution in [2.45, 2.75) is 12.7 Å². The molecule has 3 aromatic heterocycles. The topological polar surface area (TPSA) is 99.2 Å². The summed E-state index contributed by atoms with van der Waals surface area (Å²) in [5.74, 6) is -0.567. The fourth-order valence-corrected chi connectivity index (χ4v) is 4.14. The van der Waals surface area contributed by atoms with Crippen molar-refractivity contribution in [1.29, 1.82) is 0 Å². The Morgan fingerprint density at radius 2 is 1.87 bits per heavy atom. The number of aromatic nitrogens is 6. The molecule has 0 saturated carbocycles. The number of fused-ring (bicyclic) bond motifs is 1. The van der Waals surface area contributed by atoms with Crippen LogP contribution < -0.4 is 10.1 Å². The van der Waals surface area contributed by atoms with Gasteiger partial charge in [-0.3, -0.25) is 10.1 Å². The van der Waals surface area contributed by atoms with Gasteiger partial charge in [0.1, 0.15) is 17.1 Å². The molecule has 0 spiro atoms. The standard InChI is InChI=1S/C24H16Cl2F3N7O2/c1-38-16-7-3-5-14(9-16)17-10-18(24(27,28)29)36-21(31-17)19(26)20(33-36)22(37)32-23-30-12-35(34-23)11-13-4-2-6-15(25)8-13/h2-10,12H,11H2,1H3,(H,32,34,37). The third-order valence-corrected chi connectivity index (χ3v) is 5.98. The van der Waals surface area contributed by atoms with Gasteiger partial charge in [-0.25, -0.2) is 19.2 Å². The zero-order valence-electron chi connectivity index (χ0n) is 19.4. The van der Waals surface area contributed by atoms with Gasteiger partial charge < -0.3 is 4.74 Å². The number of nitrogens with zero attached hydrogens (tertiary/aromatic N) is 6. The number of benzene rings is 2. The molecule has 0 atom stereocenters. The monoisotopic (exact) mass is 561 g/mol. The predicted molar refractivity (Wildman–Crippen MR) is 134 cm³/mol. The minimum absolute atomic E-state index is 0.0288. The van der Waals surface area contributed by atoms with E-state index in [4.69, 9.17) is 27.9 Å². The second-order valence-electron chi connectivity index (χ2n) is 8.00. The summed E-state index contributed by atoms with van der Waals surface area (Å²) in [6, 6.07) is 14.3. The lowest BCUT2D eigenvalue weighted by molar-refractivity contribution is -0.142. The molecule has 0 aliphatic heterocycles. The highest BCUT2D eigenvalue weighted by Crippen LogP contribution is 2.35. The van der Waals surface area contributed by atoms with Gasteiger partial charge >= 0.3 is 6.18 Å². The summed E-state index contributed by atoms with van der Waals surface area (Å²) in [7, 11) is 1.44. The SMILES string of the molecule is COc1cccc(-c2cc(C(F)(F)F)n3nc(C(=O)Nc4ncn(Cc5cccc(Cl)c5)n4)c(Cl)c3n2)c1. The predicted octanol–water partition coefficient (Wildman–Crippen LogP) is 5.62. The van der Waals surface area contributed by atoms with Crippen LogP contribution in [0.5, 0.6) is 5.75 Å². The number of methoxy groups -OCH3 is 1. The average Bonchev–Trinajstić information content (AvgIpc) is 3.46. The molecule has 38 heavy (non-hydrogen) atoms. The molecule has 14 heteroatoms. The summed E-state index contributed by atoms with van der Waals surface area (Å²) < 4.78 is 49.0. The van der Waals surface area contributed by atoms with Crippen LogP contribution in [0.2, 0.25) is 10.0 Å². The van der Waals surface area contributed by atoms with Crippen molar-refractivity contribution in [1.82, 2.24) is 29.4 Å². The Bertz CT molecular complexity index is 1670. The van der Waals surface area contributed by atoms with E-state index >= 15 is 0 Å². The van der Waals surface area contributed by atoms with Crippen LogP contribution in [0.4, 0.5) is 19.1 Å². The lowest BCUT2D eigenvalue weighted by atomic mass is 10.1. The molecule has 0 radical (unpaired) electrons. The largest absolute Gasteiger partial charge is 0.497 e. The number of hydrogen-bond donors (Lipinski definition) is 1. The van der Waals surface area contributed by atoms with Crippen molar-refractivity contribution >= 4 is 40.7 Å². The lowest BCUT2D eigenvalue weighted by Gasteiger charge is -2.11. The van der Waals surface area contributed by atoms with Gasteiger partial charge in [0.05, 0.1) is 19.3 Å². The molecule has 2 aromatic carbocycles. The second kappa shape index (κ2) is 9.95. The average molecular weight is 562 g/mol. The fourth-order valence-electron chi connectivity index (χ4n) is 3.68. The molecule has 0 bridgehead atoms. The summed E-state index contributed by atoms with van der Waals surface area (Å²) in [6.45, 7) is 0.324. The molecule has 1 N–H and O–H groups in total. The van der Waals surface area contributed by atoms with Gasteiger partial charge in [-0.15, -0.1) is 5.10 Å². The normalized spacial score (nSPS) is 11.6.